The number of carbonyl (C=O) groups is 3. The number of aliphatic hydroxyl groups excluding tert-OH is 1. The summed E-state index contributed by atoms with van der Waals surface area (Å²) in [5.41, 5.74) is 10.3. The van der Waals surface area contributed by atoms with Gasteiger partial charge in [0.15, 0.2) is 0 Å². The number of carboxylic acids is 1. The Kier molecular flexibility index (Phi) is 12.8. The molecule has 59 heavy (non-hydrogen) atoms. The minimum Gasteiger partial charge on any atom is -0.480 e. The summed E-state index contributed by atoms with van der Waals surface area (Å²) in [5, 5.41) is 28.3. The van der Waals surface area contributed by atoms with E-state index in [2.05, 4.69) is 77.2 Å². The average Bonchev–Trinajstić information content (AvgIpc) is 3.66. The van der Waals surface area contributed by atoms with Gasteiger partial charge in [0, 0.05) is 92.7 Å². The van der Waals surface area contributed by atoms with E-state index in [1.165, 1.54) is 16.3 Å². The van der Waals surface area contributed by atoms with Crippen molar-refractivity contribution in [1.29, 1.82) is 0 Å². The molecule has 1 saturated carbocycles. The molecule has 3 fully saturated rings. The highest BCUT2D eigenvalue weighted by Crippen LogP contribution is 2.43. The van der Waals surface area contributed by atoms with Crippen molar-refractivity contribution in [2.75, 3.05) is 58.4 Å². The summed E-state index contributed by atoms with van der Waals surface area (Å²) in [6.07, 6.45) is 4.26. The second-order valence-corrected chi connectivity index (χ2v) is 18.4. The molecule has 0 unspecified atom stereocenters. The molecule has 1 aliphatic carbocycles. The van der Waals surface area contributed by atoms with Crippen LogP contribution in [-0.2, 0) is 38.5 Å². The molecule has 0 bridgehead atoms. The van der Waals surface area contributed by atoms with E-state index in [9.17, 15) is 24.6 Å². The smallest absolute Gasteiger partial charge is 0.322 e. The minimum absolute atomic E-state index is 0.0152. The first-order valence-electron chi connectivity index (χ1n) is 21.0. The number of likely N-dealkylation sites (N-methyl/N-ethyl adjacent to an activating group) is 1. The number of piperazine rings is 1. The summed E-state index contributed by atoms with van der Waals surface area (Å²) >= 11 is 1.43. The molecular weight excluding hydrogens is 769 g/mol. The van der Waals surface area contributed by atoms with Gasteiger partial charge in [-0.1, -0.05) is 26.8 Å². The summed E-state index contributed by atoms with van der Waals surface area (Å²) < 4.78 is 8.26. The number of anilines is 1. The van der Waals surface area contributed by atoms with Crippen LogP contribution >= 0.6 is 11.3 Å². The number of pyridine rings is 1. The van der Waals surface area contributed by atoms with Crippen LogP contribution in [0.15, 0.2) is 35.8 Å². The third-order valence-corrected chi connectivity index (χ3v) is 13.2. The largest absolute Gasteiger partial charge is 0.480 e. The van der Waals surface area contributed by atoms with Crippen molar-refractivity contribution < 1.29 is 29.3 Å². The lowest BCUT2D eigenvalue weighted by Crippen LogP contribution is -2.60. The number of rotatable bonds is 15. The number of amides is 2. The van der Waals surface area contributed by atoms with Gasteiger partial charge in [0.2, 0.25) is 5.91 Å². The van der Waals surface area contributed by atoms with E-state index in [0.29, 0.717) is 37.4 Å². The lowest BCUT2D eigenvalue weighted by atomic mass is 9.84. The maximum Gasteiger partial charge on any atom is 0.322 e. The number of carboxylic acid groups (broad SMARTS) is 1. The number of ether oxygens (including phenoxy) is 1. The molecule has 3 aliphatic rings. The molecule has 1 aromatic carbocycles. The molecule has 7 rings (SSSR count). The number of benzene rings is 1. The van der Waals surface area contributed by atoms with Crippen molar-refractivity contribution in [1.82, 2.24) is 35.2 Å². The van der Waals surface area contributed by atoms with Crippen LogP contribution in [0.4, 0.5) is 5.69 Å². The van der Waals surface area contributed by atoms with E-state index in [1.807, 2.05) is 25.4 Å². The number of nitrogens with zero attached hydrogens (tertiary/aromatic N) is 6. The molecule has 5 heterocycles. The van der Waals surface area contributed by atoms with Gasteiger partial charge >= 0.3 is 5.97 Å². The van der Waals surface area contributed by atoms with Gasteiger partial charge in [-0.2, -0.15) is 0 Å². The van der Waals surface area contributed by atoms with Gasteiger partial charge < -0.3 is 34.6 Å². The Morgan fingerprint density at radius 3 is 2.54 bits per heavy atom. The molecule has 4 aromatic rings. The Morgan fingerprint density at radius 2 is 1.88 bits per heavy atom. The Labute approximate surface area is 350 Å². The highest BCUT2D eigenvalue weighted by molar-refractivity contribution is 7.10. The van der Waals surface area contributed by atoms with Crippen molar-refractivity contribution in [2.24, 2.45) is 17.3 Å². The molecule has 14 nitrogen and oxygen atoms in total. The van der Waals surface area contributed by atoms with Gasteiger partial charge in [0.25, 0.3) is 5.91 Å². The second-order valence-electron chi connectivity index (χ2n) is 17.5. The average molecular weight is 829 g/mol. The quantitative estimate of drug-likeness (QED) is 0.126. The van der Waals surface area contributed by atoms with Crippen molar-refractivity contribution in [3.8, 4) is 22.5 Å². The maximum atomic E-state index is 13.9. The molecule has 2 saturated heterocycles. The van der Waals surface area contributed by atoms with E-state index in [-0.39, 0.29) is 42.8 Å². The van der Waals surface area contributed by atoms with Gasteiger partial charge in [-0.3, -0.25) is 24.4 Å². The van der Waals surface area contributed by atoms with E-state index in [0.717, 1.165) is 83.0 Å². The zero-order valence-electron chi connectivity index (χ0n) is 35.5. The Morgan fingerprint density at radius 1 is 1.14 bits per heavy atom. The fraction of sp³-hybridized carbons (Fsp3) is 0.568. The normalized spacial score (nSPS) is 21.1. The third-order valence-electron chi connectivity index (χ3n) is 12.4. The highest BCUT2D eigenvalue weighted by atomic mass is 32.1. The minimum atomic E-state index is -1.01. The van der Waals surface area contributed by atoms with Crippen LogP contribution < -0.4 is 15.6 Å². The zero-order valence-corrected chi connectivity index (χ0v) is 36.3. The van der Waals surface area contributed by atoms with Crippen LogP contribution in [0.2, 0.25) is 0 Å². The number of hydrazine groups is 1. The maximum absolute atomic E-state index is 13.9. The molecule has 318 valence electrons. The van der Waals surface area contributed by atoms with Crippen molar-refractivity contribution in [2.45, 2.75) is 91.5 Å². The lowest BCUT2D eigenvalue weighted by molar-refractivity contribution is -0.148. The molecule has 2 amide bonds. The number of aromatic nitrogens is 3. The number of aliphatic hydroxyl groups is 1. The number of carbonyl (C=O) groups excluding carboxylic acids is 2. The topological polar surface area (TPSA) is 165 Å². The fourth-order valence-electron chi connectivity index (χ4n) is 8.45. The SMILES string of the molecule is CCn1c(-c2cc(N3CCN(C)CC3)cnc2[C@H](C)OC)c(CC(C)(C)CO)c2cc(-c3csc(C[C@H](NC(=O)[C@H]4C[C@@H]4C)C(=O)N4CCC[C@@H](C(=O)O)N4)n3)ccc21. The standard InChI is InChI=1S/C44H60N8O6S/c1-8-51-37-12-11-28(36-24-59-38(46-36)21-35(47-41(54)30-18-26(30)2)42(55)52-13-9-10-34(48-52)43(56)57)19-31(37)33(22-44(4,5)25-53)40(51)32-20-29(23-45-39(32)27(3)58-7)50-16-14-49(6)15-17-50/h11-12,19-20,23-24,26-27,30,34-35,48,53H,8-10,13-18,21-22,25H2,1-7H3,(H,47,54)(H,56,57)/t26-,27-,30-,34-,35-/m0/s1. The number of aryl methyl sites for hydroxylation is 1. The fourth-order valence-corrected chi connectivity index (χ4v) is 9.30. The van der Waals surface area contributed by atoms with Crippen molar-refractivity contribution >= 4 is 45.7 Å². The van der Waals surface area contributed by atoms with Crippen LogP contribution in [-0.4, -0.2) is 118 Å². The second kappa shape index (κ2) is 17.7. The Hall–Kier alpha value is -4.41. The molecule has 0 spiro atoms. The van der Waals surface area contributed by atoms with Crippen LogP contribution in [0.25, 0.3) is 33.4 Å². The molecule has 0 radical (unpaired) electrons. The Balaban J connectivity index is 1.27. The molecule has 15 heteroatoms. The summed E-state index contributed by atoms with van der Waals surface area (Å²) in [7, 11) is 3.86. The summed E-state index contributed by atoms with van der Waals surface area (Å²) in [6, 6.07) is 6.92. The predicted octanol–water partition coefficient (Wildman–Crippen LogP) is 5.13. The van der Waals surface area contributed by atoms with Crippen molar-refractivity contribution in [3.63, 3.8) is 0 Å². The molecule has 4 N–H and O–H groups in total. The van der Waals surface area contributed by atoms with Gasteiger partial charge in [-0.05, 0) is 81.7 Å². The van der Waals surface area contributed by atoms with Crippen molar-refractivity contribution in [3.05, 3.63) is 52.1 Å². The van der Waals surface area contributed by atoms with Gasteiger partial charge in [0.05, 0.1) is 40.1 Å². The number of hydrogen-bond acceptors (Lipinski definition) is 11. The first kappa shape index (κ1) is 42.7. The highest BCUT2D eigenvalue weighted by Gasteiger charge is 2.41. The number of fused-ring (bicyclic) bond motifs is 1. The van der Waals surface area contributed by atoms with Crippen LogP contribution in [0.1, 0.15) is 76.3 Å². The number of methoxy groups -OCH3 is 1. The van der Waals surface area contributed by atoms with Gasteiger partial charge in [-0.25, -0.2) is 10.4 Å². The van der Waals surface area contributed by atoms with Gasteiger partial charge in [-0.15, -0.1) is 11.3 Å². The van der Waals surface area contributed by atoms with Crippen LogP contribution in [0.3, 0.4) is 0 Å². The summed E-state index contributed by atoms with van der Waals surface area (Å²) in [5.74, 6) is -1.41. The first-order valence-corrected chi connectivity index (χ1v) is 21.9. The predicted molar refractivity (Wildman–Crippen MR) is 230 cm³/mol. The summed E-state index contributed by atoms with van der Waals surface area (Å²) in [4.78, 5) is 53.7. The molecule has 5 atom stereocenters. The third kappa shape index (κ3) is 9.19. The number of aliphatic carboxylic acids is 1. The lowest BCUT2D eigenvalue weighted by Gasteiger charge is -2.34. The summed E-state index contributed by atoms with van der Waals surface area (Å²) in [6.45, 7) is 15.2. The van der Waals surface area contributed by atoms with E-state index < -0.39 is 23.5 Å². The van der Waals surface area contributed by atoms with E-state index in [4.69, 9.17) is 14.7 Å². The molecule has 3 aromatic heterocycles. The number of thiazole rings is 1. The van der Waals surface area contributed by atoms with Gasteiger partial charge in [0.1, 0.15) is 12.1 Å². The Bertz CT molecular complexity index is 2180. The zero-order chi connectivity index (χ0) is 42.2. The monoisotopic (exact) mass is 828 g/mol. The van der Waals surface area contributed by atoms with E-state index in [1.54, 1.807) is 7.11 Å². The molecular formula is C44H60N8O6S. The number of hydrogen-bond donors (Lipinski definition) is 4. The first-order chi connectivity index (χ1) is 28.2. The number of nitrogens with one attached hydrogen (secondary N) is 2. The van der Waals surface area contributed by atoms with E-state index >= 15 is 0 Å². The molecule has 2 aliphatic heterocycles. The van der Waals surface area contributed by atoms with Crippen LogP contribution in [0, 0.1) is 17.3 Å². The van der Waals surface area contributed by atoms with Crippen LogP contribution in [0.5, 0.6) is 0 Å².